The Hall–Kier alpha value is -3.92. The van der Waals surface area contributed by atoms with E-state index < -0.39 is 23.8 Å². The van der Waals surface area contributed by atoms with Crippen molar-refractivity contribution >= 4 is 45.8 Å². The Kier molecular flexibility index (Phi) is 6.51. The fourth-order valence-electron chi connectivity index (χ4n) is 2.80. The largest absolute Gasteiger partial charge is 0.465 e. The number of rotatable bonds is 6. The van der Waals surface area contributed by atoms with Crippen LogP contribution in [0, 0.1) is 6.92 Å². The molecule has 1 aromatic carbocycles. The third-order valence-electron chi connectivity index (χ3n) is 4.30. The lowest BCUT2D eigenvalue weighted by Crippen LogP contribution is -2.15. The van der Waals surface area contributed by atoms with Crippen LogP contribution in [0.4, 0.5) is 10.7 Å². The standard InChI is InChI=1S/C21H18N2O7S/c1-11-15(21(27)29-3)19(23-17(24)14-9-6-10-30-14)31-16(11)18(25)22-13-8-5-4-7-12(13)20(26)28-2/h4-10H,1-3H3,(H,22,25)(H,23,24). The quantitative estimate of drug-likeness (QED) is 0.558. The van der Waals surface area contributed by atoms with Crippen LogP contribution in [0.1, 0.15) is 46.5 Å². The molecule has 160 valence electrons. The second kappa shape index (κ2) is 9.26. The smallest absolute Gasteiger partial charge is 0.341 e. The van der Waals surface area contributed by atoms with E-state index in [1.165, 1.54) is 32.6 Å². The molecule has 0 radical (unpaired) electrons. The fraction of sp³-hybridized carbons (Fsp3) is 0.143. The van der Waals surface area contributed by atoms with E-state index in [2.05, 4.69) is 10.6 Å². The second-order valence-corrected chi connectivity index (χ2v) is 7.20. The van der Waals surface area contributed by atoms with E-state index in [-0.39, 0.29) is 32.5 Å². The third-order valence-corrected chi connectivity index (χ3v) is 5.50. The second-order valence-electron chi connectivity index (χ2n) is 6.17. The summed E-state index contributed by atoms with van der Waals surface area (Å²) in [5, 5.41) is 5.36. The molecule has 0 aliphatic heterocycles. The predicted molar refractivity (Wildman–Crippen MR) is 113 cm³/mol. The number of amides is 2. The Morgan fingerprint density at radius 2 is 1.61 bits per heavy atom. The van der Waals surface area contributed by atoms with Crippen LogP contribution in [-0.4, -0.2) is 38.0 Å². The van der Waals surface area contributed by atoms with Gasteiger partial charge < -0.3 is 24.5 Å². The van der Waals surface area contributed by atoms with Crippen molar-refractivity contribution in [1.29, 1.82) is 0 Å². The number of nitrogens with one attached hydrogen (secondary N) is 2. The molecular weight excluding hydrogens is 424 g/mol. The molecule has 0 saturated carbocycles. The van der Waals surface area contributed by atoms with E-state index in [0.29, 0.717) is 5.56 Å². The zero-order chi connectivity index (χ0) is 22.5. The summed E-state index contributed by atoms with van der Waals surface area (Å²) in [5.41, 5.74) is 0.790. The van der Waals surface area contributed by atoms with E-state index in [1.807, 2.05) is 0 Å². The molecule has 0 spiro atoms. The molecule has 0 unspecified atom stereocenters. The number of para-hydroxylation sites is 1. The summed E-state index contributed by atoms with van der Waals surface area (Å²) in [6.45, 7) is 1.56. The Morgan fingerprint density at radius 3 is 2.26 bits per heavy atom. The number of thiophene rings is 1. The molecule has 0 bridgehead atoms. The van der Waals surface area contributed by atoms with Crippen LogP contribution < -0.4 is 10.6 Å². The van der Waals surface area contributed by atoms with Crippen molar-refractivity contribution in [1.82, 2.24) is 0 Å². The van der Waals surface area contributed by atoms with Gasteiger partial charge in [0.15, 0.2) is 5.76 Å². The number of methoxy groups -OCH3 is 2. The molecular formula is C21H18N2O7S. The van der Waals surface area contributed by atoms with Crippen molar-refractivity contribution < 1.29 is 33.1 Å². The van der Waals surface area contributed by atoms with Gasteiger partial charge in [-0.15, -0.1) is 11.3 Å². The van der Waals surface area contributed by atoms with Gasteiger partial charge in [-0.1, -0.05) is 12.1 Å². The normalized spacial score (nSPS) is 10.3. The molecule has 0 fully saturated rings. The van der Waals surface area contributed by atoms with Crippen LogP contribution in [0.5, 0.6) is 0 Å². The number of esters is 2. The van der Waals surface area contributed by atoms with Crippen molar-refractivity contribution in [2.75, 3.05) is 24.9 Å². The van der Waals surface area contributed by atoms with Gasteiger partial charge in [0.25, 0.3) is 11.8 Å². The van der Waals surface area contributed by atoms with E-state index >= 15 is 0 Å². The molecule has 0 aliphatic rings. The summed E-state index contributed by atoms with van der Waals surface area (Å²) >= 11 is 0.900. The summed E-state index contributed by atoms with van der Waals surface area (Å²) < 4.78 is 14.6. The van der Waals surface area contributed by atoms with Crippen LogP contribution in [0.2, 0.25) is 0 Å². The van der Waals surface area contributed by atoms with E-state index in [1.54, 1.807) is 31.2 Å². The Labute approximate surface area is 181 Å². The van der Waals surface area contributed by atoms with Crippen molar-refractivity contribution in [2.45, 2.75) is 6.92 Å². The molecule has 2 amide bonds. The maximum Gasteiger partial charge on any atom is 0.341 e. The molecule has 0 atom stereocenters. The van der Waals surface area contributed by atoms with Gasteiger partial charge in [0.05, 0.1) is 42.2 Å². The van der Waals surface area contributed by atoms with Crippen LogP contribution in [0.3, 0.4) is 0 Å². The van der Waals surface area contributed by atoms with E-state index in [0.717, 1.165) is 11.3 Å². The summed E-state index contributed by atoms with van der Waals surface area (Å²) in [6.07, 6.45) is 1.34. The molecule has 0 aliphatic carbocycles. The van der Waals surface area contributed by atoms with Gasteiger partial charge in [-0.05, 0) is 36.8 Å². The topological polar surface area (TPSA) is 124 Å². The average Bonchev–Trinajstić information content (AvgIpc) is 3.41. The molecule has 9 nitrogen and oxygen atoms in total. The lowest BCUT2D eigenvalue weighted by Gasteiger charge is -2.09. The first-order valence-electron chi connectivity index (χ1n) is 8.92. The minimum atomic E-state index is -0.711. The molecule has 2 aromatic heterocycles. The highest BCUT2D eigenvalue weighted by atomic mass is 32.1. The third kappa shape index (κ3) is 4.48. The lowest BCUT2D eigenvalue weighted by molar-refractivity contribution is 0.0592. The van der Waals surface area contributed by atoms with Gasteiger partial charge in [0.2, 0.25) is 0 Å². The zero-order valence-corrected chi connectivity index (χ0v) is 17.6. The van der Waals surface area contributed by atoms with E-state index in [4.69, 9.17) is 13.9 Å². The number of ether oxygens (including phenoxy) is 2. The molecule has 2 N–H and O–H groups in total. The van der Waals surface area contributed by atoms with Gasteiger partial charge >= 0.3 is 11.9 Å². The molecule has 2 heterocycles. The van der Waals surface area contributed by atoms with Crippen molar-refractivity contribution in [2.24, 2.45) is 0 Å². The number of benzene rings is 1. The van der Waals surface area contributed by atoms with Gasteiger partial charge in [-0.25, -0.2) is 9.59 Å². The van der Waals surface area contributed by atoms with Gasteiger partial charge in [-0.2, -0.15) is 0 Å². The fourth-order valence-corrected chi connectivity index (χ4v) is 3.88. The summed E-state index contributed by atoms with van der Waals surface area (Å²) in [5.74, 6) is -2.43. The Bertz CT molecular complexity index is 1150. The summed E-state index contributed by atoms with van der Waals surface area (Å²) in [6, 6.07) is 9.36. The van der Waals surface area contributed by atoms with Crippen molar-refractivity contribution in [3.63, 3.8) is 0 Å². The molecule has 10 heteroatoms. The first-order valence-corrected chi connectivity index (χ1v) is 9.74. The van der Waals surface area contributed by atoms with Crippen molar-refractivity contribution in [3.8, 4) is 0 Å². The molecule has 0 saturated heterocycles. The SMILES string of the molecule is COC(=O)c1ccccc1NC(=O)c1sc(NC(=O)c2ccco2)c(C(=O)OC)c1C. The van der Waals surface area contributed by atoms with Gasteiger partial charge in [-0.3, -0.25) is 9.59 Å². The summed E-state index contributed by atoms with van der Waals surface area (Å²) in [4.78, 5) is 49.8. The molecule has 3 aromatic rings. The number of hydrogen-bond donors (Lipinski definition) is 2. The van der Waals surface area contributed by atoms with E-state index in [9.17, 15) is 19.2 Å². The highest BCUT2D eigenvalue weighted by Crippen LogP contribution is 2.35. The first kappa shape index (κ1) is 21.8. The lowest BCUT2D eigenvalue weighted by atomic mass is 10.1. The highest BCUT2D eigenvalue weighted by Gasteiger charge is 2.27. The van der Waals surface area contributed by atoms with Gasteiger partial charge in [0.1, 0.15) is 5.00 Å². The number of hydrogen-bond acceptors (Lipinski definition) is 8. The maximum absolute atomic E-state index is 13.0. The Balaban J connectivity index is 1.95. The van der Waals surface area contributed by atoms with Gasteiger partial charge in [0, 0.05) is 0 Å². The van der Waals surface area contributed by atoms with Crippen LogP contribution >= 0.6 is 11.3 Å². The minimum Gasteiger partial charge on any atom is -0.465 e. The van der Waals surface area contributed by atoms with Crippen molar-refractivity contribution in [3.05, 3.63) is 70.0 Å². The van der Waals surface area contributed by atoms with Crippen LogP contribution in [-0.2, 0) is 9.47 Å². The molecule has 3 rings (SSSR count). The first-order chi connectivity index (χ1) is 14.9. The minimum absolute atomic E-state index is 0.0416. The predicted octanol–water partition coefficient (Wildman–Crippen LogP) is 3.73. The number of carbonyl (C=O) groups is 4. The highest BCUT2D eigenvalue weighted by molar-refractivity contribution is 7.19. The average molecular weight is 442 g/mol. The number of carbonyl (C=O) groups excluding carboxylic acids is 4. The van der Waals surface area contributed by atoms with Crippen LogP contribution in [0.15, 0.2) is 47.1 Å². The monoisotopic (exact) mass is 442 g/mol. The number of anilines is 2. The van der Waals surface area contributed by atoms with Crippen LogP contribution in [0.25, 0.3) is 0 Å². The maximum atomic E-state index is 13.0. The zero-order valence-electron chi connectivity index (χ0n) is 16.8. The Morgan fingerprint density at radius 1 is 0.903 bits per heavy atom. The number of furan rings is 1. The molecule has 31 heavy (non-hydrogen) atoms. The summed E-state index contributed by atoms with van der Waals surface area (Å²) in [7, 11) is 2.44.